The molecule has 0 saturated carbocycles. The molecule has 0 aliphatic heterocycles. The van der Waals surface area contributed by atoms with E-state index < -0.39 is 23.4 Å². The van der Waals surface area contributed by atoms with Crippen molar-refractivity contribution in [3.63, 3.8) is 0 Å². The van der Waals surface area contributed by atoms with Crippen molar-refractivity contribution in [3.8, 4) is 5.88 Å². The topological polar surface area (TPSA) is 114 Å². The first-order valence-corrected chi connectivity index (χ1v) is 8.69. The molecule has 0 aliphatic rings. The van der Waals surface area contributed by atoms with Crippen molar-refractivity contribution < 1.29 is 19.5 Å². The van der Waals surface area contributed by atoms with Gasteiger partial charge in [0.15, 0.2) is 5.78 Å². The lowest BCUT2D eigenvalue weighted by Crippen LogP contribution is -2.40. The Morgan fingerprint density at radius 1 is 1.00 bits per heavy atom. The third kappa shape index (κ3) is 3.46. The van der Waals surface area contributed by atoms with Crippen molar-refractivity contribution in [2.24, 2.45) is 5.73 Å². The van der Waals surface area contributed by atoms with Gasteiger partial charge in [0.2, 0.25) is 5.88 Å². The molecule has 4 N–H and O–H groups in total. The minimum atomic E-state index is -0.931. The van der Waals surface area contributed by atoms with Gasteiger partial charge in [0.25, 0.3) is 5.91 Å². The summed E-state index contributed by atoms with van der Waals surface area (Å²) in [6, 6.07) is 12.3. The first-order chi connectivity index (χ1) is 13.1. The highest BCUT2D eigenvalue weighted by Gasteiger charge is 2.27. The number of rotatable bonds is 3. The van der Waals surface area contributed by atoms with E-state index in [0.29, 0.717) is 11.1 Å². The smallest absolute Gasteiger partial charge is 0.326 e. The molecule has 28 heavy (non-hydrogen) atoms. The Bertz CT molecular complexity index is 1090. The highest BCUT2D eigenvalue weighted by atomic mass is 16.3. The van der Waals surface area contributed by atoms with E-state index in [1.54, 1.807) is 51.1 Å². The number of nitrogens with one attached hydrogen (secondary N) is 1. The molecule has 7 heteroatoms. The van der Waals surface area contributed by atoms with Crippen LogP contribution in [-0.2, 0) is 0 Å². The first-order valence-electron chi connectivity index (χ1n) is 8.69. The van der Waals surface area contributed by atoms with Gasteiger partial charge in [0, 0.05) is 22.1 Å². The van der Waals surface area contributed by atoms with Crippen LogP contribution < -0.4 is 11.1 Å². The average Bonchev–Trinajstić information content (AvgIpc) is 2.91. The van der Waals surface area contributed by atoms with Gasteiger partial charge in [-0.15, -0.1) is 0 Å². The average molecular weight is 379 g/mol. The minimum Gasteiger partial charge on any atom is -0.494 e. The summed E-state index contributed by atoms with van der Waals surface area (Å²) in [5.74, 6) is -1.37. The second kappa shape index (κ2) is 6.84. The summed E-state index contributed by atoms with van der Waals surface area (Å²) in [5, 5.41) is 13.5. The van der Waals surface area contributed by atoms with Gasteiger partial charge in [-0.1, -0.05) is 30.3 Å². The molecule has 0 radical (unpaired) electrons. The van der Waals surface area contributed by atoms with E-state index in [4.69, 9.17) is 5.73 Å². The summed E-state index contributed by atoms with van der Waals surface area (Å²) < 4.78 is 0.851. The molecule has 0 bridgehead atoms. The van der Waals surface area contributed by atoms with Crippen LogP contribution in [0.3, 0.4) is 0 Å². The number of amides is 2. The molecule has 7 nitrogen and oxygen atoms in total. The maximum absolute atomic E-state index is 12.8. The maximum Gasteiger partial charge on any atom is 0.326 e. The predicted molar refractivity (Wildman–Crippen MR) is 106 cm³/mol. The minimum absolute atomic E-state index is 0.105. The molecule has 2 amide bonds. The summed E-state index contributed by atoms with van der Waals surface area (Å²) in [7, 11) is 0. The molecule has 0 atom stereocenters. The zero-order valence-electron chi connectivity index (χ0n) is 15.8. The first kappa shape index (κ1) is 19.2. The molecular formula is C21H21N3O4. The van der Waals surface area contributed by atoms with Crippen LogP contribution in [0.15, 0.2) is 48.5 Å². The number of nitrogens with two attached hydrogens (primary N) is 1. The normalized spacial score (nSPS) is 11.4. The highest BCUT2D eigenvalue weighted by Crippen LogP contribution is 2.32. The predicted octanol–water partition coefficient (Wildman–Crippen LogP) is 3.03. The third-order valence-corrected chi connectivity index (χ3v) is 4.18. The molecule has 2 aromatic carbocycles. The van der Waals surface area contributed by atoms with Gasteiger partial charge >= 0.3 is 6.03 Å². The Morgan fingerprint density at radius 2 is 1.64 bits per heavy atom. The third-order valence-electron chi connectivity index (χ3n) is 4.18. The Labute approximate surface area is 161 Å². The Kier molecular flexibility index (Phi) is 4.68. The number of aromatic hydroxyl groups is 1. The number of nitrogens with zero attached hydrogens (tertiary/aromatic N) is 1. The van der Waals surface area contributed by atoms with Gasteiger partial charge in [-0.25, -0.2) is 9.36 Å². The summed E-state index contributed by atoms with van der Waals surface area (Å²) in [5.41, 5.74) is 5.76. The monoisotopic (exact) mass is 379 g/mol. The van der Waals surface area contributed by atoms with Gasteiger partial charge in [0.05, 0.1) is 5.52 Å². The Balaban J connectivity index is 2.21. The number of primary amides is 1. The van der Waals surface area contributed by atoms with Gasteiger partial charge in [0.1, 0.15) is 5.56 Å². The lowest BCUT2D eigenvalue weighted by Gasteiger charge is -2.20. The van der Waals surface area contributed by atoms with Crippen LogP contribution in [0.2, 0.25) is 0 Å². The SMILES string of the molecule is CC(C)(C)NC(=O)c1c(O)n(C(N)=O)c2ccc(C(=O)c3ccccc3)cc12. The lowest BCUT2D eigenvalue weighted by atomic mass is 10.0. The van der Waals surface area contributed by atoms with Gasteiger partial charge in [-0.2, -0.15) is 0 Å². The molecule has 0 spiro atoms. The molecule has 0 fully saturated rings. The number of hydrogen-bond acceptors (Lipinski definition) is 4. The molecule has 3 rings (SSSR count). The van der Waals surface area contributed by atoms with Crippen LogP contribution in [0.4, 0.5) is 4.79 Å². The van der Waals surface area contributed by atoms with E-state index in [2.05, 4.69) is 5.32 Å². The second-order valence-corrected chi connectivity index (χ2v) is 7.50. The van der Waals surface area contributed by atoms with E-state index in [1.807, 2.05) is 0 Å². The molecule has 3 aromatic rings. The Hall–Kier alpha value is -3.61. The second-order valence-electron chi connectivity index (χ2n) is 7.50. The molecule has 1 aromatic heterocycles. The van der Waals surface area contributed by atoms with Crippen LogP contribution in [0, 0.1) is 0 Å². The number of carbonyl (C=O) groups excluding carboxylic acids is 3. The van der Waals surface area contributed by atoms with E-state index in [9.17, 15) is 19.5 Å². The van der Waals surface area contributed by atoms with Crippen molar-refractivity contribution in [2.45, 2.75) is 26.3 Å². The van der Waals surface area contributed by atoms with Crippen LogP contribution in [0.1, 0.15) is 47.1 Å². The number of carbonyl (C=O) groups is 3. The summed E-state index contributed by atoms with van der Waals surface area (Å²) >= 11 is 0. The van der Waals surface area contributed by atoms with Crippen LogP contribution >= 0.6 is 0 Å². The van der Waals surface area contributed by atoms with Gasteiger partial charge in [-0.05, 0) is 39.0 Å². The fourth-order valence-electron chi connectivity index (χ4n) is 3.03. The number of aromatic nitrogens is 1. The number of ketones is 1. The van der Waals surface area contributed by atoms with Crippen molar-refractivity contribution in [3.05, 3.63) is 65.2 Å². The van der Waals surface area contributed by atoms with E-state index in [0.717, 1.165) is 4.57 Å². The van der Waals surface area contributed by atoms with E-state index >= 15 is 0 Å². The van der Waals surface area contributed by atoms with Crippen LogP contribution in [0.5, 0.6) is 5.88 Å². The highest BCUT2D eigenvalue weighted by molar-refractivity contribution is 6.16. The van der Waals surface area contributed by atoms with Crippen molar-refractivity contribution >= 4 is 28.6 Å². The van der Waals surface area contributed by atoms with Crippen molar-refractivity contribution in [1.82, 2.24) is 9.88 Å². The molecule has 144 valence electrons. The maximum atomic E-state index is 12.8. The molecule has 0 unspecified atom stereocenters. The van der Waals surface area contributed by atoms with Crippen molar-refractivity contribution in [1.29, 1.82) is 0 Å². The van der Waals surface area contributed by atoms with Gasteiger partial charge < -0.3 is 16.2 Å². The summed E-state index contributed by atoms with van der Waals surface area (Å²) in [4.78, 5) is 37.3. The van der Waals surface area contributed by atoms with E-state index in [1.165, 1.54) is 18.2 Å². The van der Waals surface area contributed by atoms with E-state index in [-0.39, 0.29) is 22.2 Å². The number of benzene rings is 2. The lowest BCUT2D eigenvalue weighted by molar-refractivity contribution is 0.0917. The quantitative estimate of drug-likeness (QED) is 0.607. The molecule has 0 saturated heterocycles. The van der Waals surface area contributed by atoms with Crippen molar-refractivity contribution in [2.75, 3.05) is 0 Å². The largest absolute Gasteiger partial charge is 0.494 e. The molecule has 1 heterocycles. The Morgan fingerprint density at radius 3 is 2.21 bits per heavy atom. The zero-order chi connectivity index (χ0) is 20.6. The molecule has 0 aliphatic carbocycles. The zero-order valence-corrected chi connectivity index (χ0v) is 15.8. The fraction of sp³-hybridized carbons (Fsp3) is 0.190. The van der Waals surface area contributed by atoms with Crippen LogP contribution in [-0.4, -0.2) is 32.9 Å². The number of hydrogen-bond donors (Lipinski definition) is 3. The van der Waals surface area contributed by atoms with Crippen LogP contribution in [0.25, 0.3) is 10.9 Å². The van der Waals surface area contributed by atoms with Gasteiger partial charge in [-0.3, -0.25) is 9.59 Å². The number of fused-ring (bicyclic) bond motifs is 1. The fourth-order valence-corrected chi connectivity index (χ4v) is 3.03. The standard InChI is InChI=1S/C21H21N3O4/c1-21(2,3)23-18(26)16-14-11-13(17(25)12-7-5-4-6-8-12)9-10-15(14)24(19(16)27)20(22)28/h4-11,27H,1-3H3,(H2,22,28)(H,23,26). The summed E-state index contributed by atoms with van der Waals surface area (Å²) in [6.07, 6.45) is 0. The molecular weight excluding hydrogens is 358 g/mol. The summed E-state index contributed by atoms with van der Waals surface area (Å²) in [6.45, 7) is 5.37.